The number of carbonyl (C=O) groups excluding carboxylic acids is 1. The number of ketones is 1. The molecular weight excluding hydrogens is 244 g/mol. The van der Waals surface area contributed by atoms with Crippen LogP contribution in [0.5, 0.6) is 0 Å². The van der Waals surface area contributed by atoms with Crippen molar-refractivity contribution in [3.8, 4) is 0 Å². The Morgan fingerprint density at radius 1 is 1.57 bits per heavy atom. The van der Waals surface area contributed by atoms with Gasteiger partial charge in [0.2, 0.25) is 0 Å². The van der Waals surface area contributed by atoms with Crippen molar-refractivity contribution in [1.29, 1.82) is 0 Å². The van der Waals surface area contributed by atoms with Gasteiger partial charge in [-0.05, 0) is 18.6 Å². The molecule has 0 unspecified atom stereocenters. The summed E-state index contributed by atoms with van der Waals surface area (Å²) in [5, 5.41) is 0.328. The maximum absolute atomic E-state index is 11.5. The van der Waals surface area contributed by atoms with E-state index in [-0.39, 0.29) is 5.78 Å². The van der Waals surface area contributed by atoms with E-state index in [2.05, 4.69) is 20.9 Å². The molecule has 2 aromatic rings. The van der Waals surface area contributed by atoms with Gasteiger partial charge in [0.05, 0.1) is 11.5 Å². The second-order valence-corrected chi connectivity index (χ2v) is 3.70. The third kappa shape index (κ3) is 1.46. The SMILES string of the molecule is Cc1ccc2ncc(C(=O)CBr)n2c1. The third-order valence-corrected chi connectivity index (χ3v) is 2.57. The number of aromatic nitrogens is 2. The predicted molar refractivity (Wildman–Crippen MR) is 58.1 cm³/mol. The first-order chi connectivity index (χ1) is 6.72. The van der Waals surface area contributed by atoms with Gasteiger partial charge in [-0.25, -0.2) is 4.98 Å². The van der Waals surface area contributed by atoms with Gasteiger partial charge in [-0.2, -0.15) is 0 Å². The summed E-state index contributed by atoms with van der Waals surface area (Å²) in [5.41, 5.74) is 2.54. The Labute approximate surface area is 89.9 Å². The second kappa shape index (κ2) is 3.53. The Morgan fingerprint density at radius 3 is 3.07 bits per heavy atom. The molecule has 0 bridgehead atoms. The van der Waals surface area contributed by atoms with Gasteiger partial charge < -0.3 is 0 Å². The van der Waals surface area contributed by atoms with Crippen LogP contribution in [0.4, 0.5) is 0 Å². The van der Waals surface area contributed by atoms with Gasteiger partial charge in [0.1, 0.15) is 11.3 Å². The molecule has 0 N–H and O–H groups in total. The van der Waals surface area contributed by atoms with E-state index in [9.17, 15) is 4.79 Å². The summed E-state index contributed by atoms with van der Waals surface area (Å²) in [6, 6.07) is 3.88. The molecule has 0 radical (unpaired) electrons. The van der Waals surface area contributed by atoms with Crippen molar-refractivity contribution < 1.29 is 4.79 Å². The van der Waals surface area contributed by atoms with Crippen molar-refractivity contribution in [3.63, 3.8) is 0 Å². The lowest BCUT2D eigenvalue weighted by Gasteiger charge is -1.99. The number of carbonyl (C=O) groups is 1. The molecular formula is C10H9BrN2O. The van der Waals surface area contributed by atoms with Crippen LogP contribution in [0, 0.1) is 6.92 Å². The second-order valence-electron chi connectivity index (χ2n) is 3.13. The number of rotatable bonds is 2. The molecule has 0 fully saturated rings. The number of hydrogen-bond donors (Lipinski definition) is 0. The fourth-order valence-electron chi connectivity index (χ4n) is 1.36. The smallest absolute Gasteiger partial charge is 0.191 e. The minimum absolute atomic E-state index is 0.0445. The van der Waals surface area contributed by atoms with Crippen molar-refractivity contribution in [2.45, 2.75) is 6.92 Å². The molecule has 0 saturated carbocycles. The molecule has 0 saturated heterocycles. The highest BCUT2D eigenvalue weighted by atomic mass is 79.9. The minimum atomic E-state index is 0.0445. The molecule has 0 aliphatic rings. The maximum atomic E-state index is 11.5. The van der Waals surface area contributed by atoms with E-state index in [1.165, 1.54) is 0 Å². The highest BCUT2D eigenvalue weighted by molar-refractivity contribution is 9.09. The molecule has 4 heteroatoms. The van der Waals surface area contributed by atoms with Crippen molar-refractivity contribution in [2.75, 3.05) is 5.33 Å². The summed E-state index contributed by atoms with van der Waals surface area (Å²) in [6.07, 6.45) is 3.52. The van der Waals surface area contributed by atoms with Gasteiger partial charge >= 0.3 is 0 Å². The zero-order valence-electron chi connectivity index (χ0n) is 7.70. The van der Waals surface area contributed by atoms with Crippen molar-refractivity contribution in [1.82, 2.24) is 9.38 Å². The first kappa shape index (κ1) is 9.40. The van der Waals surface area contributed by atoms with Crippen LogP contribution in [0.25, 0.3) is 5.65 Å². The Morgan fingerprint density at radius 2 is 2.36 bits per heavy atom. The van der Waals surface area contributed by atoms with Crippen LogP contribution in [-0.2, 0) is 0 Å². The summed E-state index contributed by atoms with van der Waals surface area (Å²) in [7, 11) is 0. The third-order valence-electron chi connectivity index (χ3n) is 2.06. The first-order valence-electron chi connectivity index (χ1n) is 4.25. The summed E-state index contributed by atoms with van der Waals surface area (Å²) in [4.78, 5) is 15.6. The molecule has 2 heterocycles. The van der Waals surface area contributed by atoms with Gasteiger partial charge in [0.25, 0.3) is 0 Å². The standard InChI is InChI=1S/C10H9BrN2O/c1-7-2-3-10-12-5-8(9(14)4-11)13(10)6-7/h2-3,5-6H,4H2,1H3. The Kier molecular flexibility index (Phi) is 2.37. The number of halogens is 1. The molecule has 0 aromatic carbocycles. The topological polar surface area (TPSA) is 34.4 Å². The highest BCUT2D eigenvalue weighted by Gasteiger charge is 2.09. The average molecular weight is 253 g/mol. The quantitative estimate of drug-likeness (QED) is 0.607. The van der Waals surface area contributed by atoms with Crippen molar-refractivity contribution in [3.05, 3.63) is 35.8 Å². The molecule has 3 nitrogen and oxygen atoms in total. The van der Waals surface area contributed by atoms with E-state index in [1.54, 1.807) is 6.20 Å². The molecule has 0 amide bonds. The molecule has 0 aliphatic carbocycles. The van der Waals surface area contributed by atoms with E-state index >= 15 is 0 Å². The molecule has 2 rings (SSSR count). The minimum Gasteiger partial charge on any atom is -0.297 e. The van der Waals surface area contributed by atoms with Gasteiger partial charge in [0.15, 0.2) is 5.78 Å². The molecule has 14 heavy (non-hydrogen) atoms. The lowest BCUT2D eigenvalue weighted by atomic mass is 10.3. The van der Waals surface area contributed by atoms with E-state index < -0.39 is 0 Å². The number of nitrogens with zero attached hydrogens (tertiary/aromatic N) is 2. The number of pyridine rings is 1. The molecule has 0 atom stereocenters. The highest BCUT2D eigenvalue weighted by Crippen LogP contribution is 2.09. The lowest BCUT2D eigenvalue weighted by molar-refractivity contribution is 0.101. The number of Topliss-reactive ketones (excluding diaryl/α,β-unsaturated/α-hetero) is 1. The fraction of sp³-hybridized carbons (Fsp3) is 0.200. The normalized spacial score (nSPS) is 10.7. The number of aryl methyl sites for hydroxylation is 1. The maximum Gasteiger partial charge on any atom is 0.191 e. The van der Waals surface area contributed by atoms with Crippen LogP contribution in [-0.4, -0.2) is 20.5 Å². The summed E-state index contributed by atoms with van der Waals surface area (Å²) in [6.45, 7) is 1.99. The first-order valence-corrected chi connectivity index (χ1v) is 5.37. The predicted octanol–water partition coefficient (Wildman–Crippen LogP) is 2.22. The molecule has 0 aliphatic heterocycles. The van der Waals surface area contributed by atoms with Gasteiger partial charge in [-0.3, -0.25) is 9.20 Å². The zero-order valence-corrected chi connectivity index (χ0v) is 9.28. The molecule has 2 aromatic heterocycles. The largest absolute Gasteiger partial charge is 0.297 e. The fourth-order valence-corrected chi connectivity index (χ4v) is 1.65. The van der Waals surface area contributed by atoms with Crippen LogP contribution >= 0.6 is 15.9 Å². The van der Waals surface area contributed by atoms with Crippen molar-refractivity contribution in [2.24, 2.45) is 0 Å². The Bertz CT molecular complexity index is 490. The number of fused-ring (bicyclic) bond motifs is 1. The Balaban J connectivity index is 2.67. The van der Waals surface area contributed by atoms with Crippen molar-refractivity contribution >= 4 is 27.4 Å². The van der Waals surface area contributed by atoms with Gasteiger partial charge in [-0.15, -0.1) is 0 Å². The summed E-state index contributed by atoms with van der Waals surface area (Å²) >= 11 is 3.15. The monoisotopic (exact) mass is 252 g/mol. The lowest BCUT2D eigenvalue weighted by Crippen LogP contribution is -2.04. The number of alkyl halides is 1. The van der Waals surface area contributed by atoms with E-state index in [1.807, 2.05) is 29.7 Å². The Hall–Kier alpha value is -1.16. The number of imidazole rings is 1. The van der Waals surface area contributed by atoms with Gasteiger partial charge in [-0.1, -0.05) is 22.0 Å². The zero-order chi connectivity index (χ0) is 10.1. The molecule has 72 valence electrons. The summed E-state index contributed by atoms with van der Waals surface area (Å²) < 4.78 is 1.82. The summed E-state index contributed by atoms with van der Waals surface area (Å²) in [5.74, 6) is 0.0445. The average Bonchev–Trinajstić information content (AvgIpc) is 2.59. The van der Waals surface area contributed by atoms with E-state index in [0.29, 0.717) is 11.0 Å². The number of hydrogen-bond acceptors (Lipinski definition) is 2. The van der Waals surface area contributed by atoms with Crippen LogP contribution in [0.3, 0.4) is 0 Å². The van der Waals surface area contributed by atoms with Crippen LogP contribution in [0.1, 0.15) is 16.1 Å². The van der Waals surface area contributed by atoms with E-state index in [4.69, 9.17) is 0 Å². The molecule has 0 spiro atoms. The van der Waals surface area contributed by atoms with Crippen LogP contribution in [0.15, 0.2) is 24.5 Å². The van der Waals surface area contributed by atoms with Crippen LogP contribution < -0.4 is 0 Å². The van der Waals surface area contributed by atoms with Crippen LogP contribution in [0.2, 0.25) is 0 Å². The van der Waals surface area contributed by atoms with Gasteiger partial charge in [0, 0.05) is 6.20 Å². The van der Waals surface area contributed by atoms with E-state index in [0.717, 1.165) is 11.2 Å².